The summed E-state index contributed by atoms with van der Waals surface area (Å²) in [4.78, 5) is 37.4. The number of hydrogen-bond acceptors (Lipinski definition) is 4. The Bertz CT molecular complexity index is 1020. The standard InChI is InChI=1S/C28H36N2O5/c1-5-28(6-2,26(33)30-24(25(31)32)15-18(3)4)17-29-27(34)35-16-23-21-13-9-7-11-19(21)20-12-8-10-14-22(20)23/h7-14,18,23-24H,5-6,15-17H2,1-4H3,(H,29,34)(H,30,33)(H,31,32). The number of carboxylic acid groups (broad SMARTS) is 1. The van der Waals surface area contributed by atoms with Crippen molar-refractivity contribution in [1.82, 2.24) is 10.6 Å². The van der Waals surface area contributed by atoms with Crippen LogP contribution in [-0.2, 0) is 14.3 Å². The summed E-state index contributed by atoms with van der Waals surface area (Å²) in [6, 6.07) is 15.3. The van der Waals surface area contributed by atoms with Crippen LogP contribution in [0.5, 0.6) is 0 Å². The topological polar surface area (TPSA) is 105 Å². The Morgan fingerprint density at radius 3 is 2.00 bits per heavy atom. The first-order valence-corrected chi connectivity index (χ1v) is 12.3. The van der Waals surface area contributed by atoms with E-state index in [1.807, 2.05) is 52.0 Å². The second kappa shape index (κ2) is 11.4. The molecule has 7 heteroatoms. The molecule has 0 spiro atoms. The number of alkyl carbamates (subject to hydrolysis) is 1. The van der Waals surface area contributed by atoms with E-state index in [0.717, 1.165) is 22.3 Å². The maximum Gasteiger partial charge on any atom is 0.407 e. The van der Waals surface area contributed by atoms with Crippen LogP contribution in [0.1, 0.15) is 64.0 Å². The lowest BCUT2D eigenvalue weighted by Gasteiger charge is -2.32. The summed E-state index contributed by atoms with van der Waals surface area (Å²) in [6.45, 7) is 7.80. The number of aliphatic carboxylic acids is 1. The second-order valence-electron chi connectivity index (χ2n) is 9.66. The summed E-state index contributed by atoms with van der Waals surface area (Å²) < 4.78 is 5.60. The van der Waals surface area contributed by atoms with E-state index in [0.29, 0.717) is 19.3 Å². The minimum Gasteiger partial charge on any atom is -0.480 e. The molecule has 188 valence electrons. The number of carbonyl (C=O) groups is 3. The van der Waals surface area contributed by atoms with Crippen molar-refractivity contribution >= 4 is 18.0 Å². The number of carboxylic acids is 1. The number of rotatable bonds is 11. The third-order valence-electron chi connectivity index (χ3n) is 7.06. The van der Waals surface area contributed by atoms with Gasteiger partial charge in [-0.1, -0.05) is 76.2 Å². The molecule has 0 heterocycles. The van der Waals surface area contributed by atoms with Gasteiger partial charge < -0.3 is 20.5 Å². The highest BCUT2D eigenvalue weighted by Crippen LogP contribution is 2.44. The van der Waals surface area contributed by atoms with Crippen LogP contribution in [0.3, 0.4) is 0 Å². The first-order valence-electron chi connectivity index (χ1n) is 12.3. The molecule has 0 aliphatic heterocycles. The van der Waals surface area contributed by atoms with Crippen LogP contribution in [0.2, 0.25) is 0 Å². The maximum atomic E-state index is 13.1. The average molecular weight is 481 g/mol. The SMILES string of the molecule is CCC(CC)(CNC(=O)OCC1c2ccccc2-c2ccccc21)C(=O)NC(CC(C)C)C(=O)O. The fourth-order valence-electron chi connectivity index (χ4n) is 4.80. The molecule has 0 bridgehead atoms. The molecular weight excluding hydrogens is 444 g/mol. The highest BCUT2D eigenvalue weighted by molar-refractivity contribution is 5.88. The van der Waals surface area contributed by atoms with Crippen LogP contribution in [0.4, 0.5) is 4.79 Å². The van der Waals surface area contributed by atoms with Gasteiger partial charge in [-0.25, -0.2) is 9.59 Å². The van der Waals surface area contributed by atoms with Gasteiger partial charge in [0.15, 0.2) is 0 Å². The third kappa shape index (κ3) is 5.84. The van der Waals surface area contributed by atoms with E-state index in [1.165, 1.54) is 0 Å². The lowest BCUT2D eigenvalue weighted by molar-refractivity contribution is -0.144. The number of nitrogens with one attached hydrogen (secondary N) is 2. The van der Waals surface area contributed by atoms with Crippen molar-refractivity contribution in [3.63, 3.8) is 0 Å². The largest absolute Gasteiger partial charge is 0.480 e. The zero-order valence-corrected chi connectivity index (χ0v) is 21.0. The van der Waals surface area contributed by atoms with E-state index >= 15 is 0 Å². The number of fused-ring (bicyclic) bond motifs is 3. The van der Waals surface area contributed by atoms with Crippen LogP contribution >= 0.6 is 0 Å². The summed E-state index contributed by atoms with van der Waals surface area (Å²) in [5.41, 5.74) is 3.64. The van der Waals surface area contributed by atoms with Gasteiger partial charge in [0.05, 0.1) is 5.41 Å². The second-order valence-corrected chi connectivity index (χ2v) is 9.66. The molecule has 2 amide bonds. The summed E-state index contributed by atoms with van der Waals surface area (Å²) in [6.07, 6.45) is 0.646. The molecule has 3 N–H and O–H groups in total. The van der Waals surface area contributed by atoms with E-state index in [1.54, 1.807) is 0 Å². The summed E-state index contributed by atoms with van der Waals surface area (Å²) in [7, 11) is 0. The van der Waals surface area contributed by atoms with E-state index in [-0.39, 0.29) is 30.9 Å². The predicted molar refractivity (Wildman–Crippen MR) is 135 cm³/mol. The van der Waals surface area contributed by atoms with Gasteiger partial charge in [-0.2, -0.15) is 0 Å². The van der Waals surface area contributed by atoms with Gasteiger partial charge in [0.25, 0.3) is 0 Å². The Labute approximate surface area is 207 Å². The molecule has 0 saturated carbocycles. The normalized spacial score (nSPS) is 13.6. The van der Waals surface area contributed by atoms with Crippen LogP contribution in [0.15, 0.2) is 48.5 Å². The highest BCUT2D eigenvalue weighted by Gasteiger charge is 2.38. The molecule has 1 unspecified atom stereocenters. The Balaban J connectivity index is 1.63. The summed E-state index contributed by atoms with van der Waals surface area (Å²) in [5, 5.41) is 14.9. The van der Waals surface area contributed by atoms with Gasteiger partial charge in [0.1, 0.15) is 12.6 Å². The quantitative estimate of drug-likeness (QED) is 0.422. The van der Waals surface area contributed by atoms with Gasteiger partial charge in [0.2, 0.25) is 5.91 Å². The number of benzene rings is 2. The lowest BCUT2D eigenvalue weighted by Crippen LogP contribution is -2.52. The minimum absolute atomic E-state index is 0.0501. The van der Waals surface area contributed by atoms with E-state index in [4.69, 9.17) is 4.74 Å². The number of hydrogen-bond donors (Lipinski definition) is 3. The number of carbonyl (C=O) groups excluding carboxylic acids is 2. The Morgan fingerprint density at radius 2 is 1.51 bits per heavy atom. The molecule has 0 fully saturated rings. The van der Waals surface area contributed by atoms with Crippen LogP contribution in [0, 0.1) is 11.3 Å². The fraction of sp³-hybridized carbons (Fsp3) is 0.464. The first kappa shape index (κ1) is 26.3. The van der Waals surface area contributed by atoms with Crippen molar-refractivity contribution < 1.29 is 24.2 Å². The molecular formula is C28H36N2O5. The zero-order valence-electron chi connectivity index (χ0n) is 21.0. The van der Waals surface area contributed by atoms with Crippen molar-refractivity contribution in [2.75, 3.05) is 13.2 Å². The minimum atomic E-state index is -1.06. The number of ether oxygens (including phenoxy) is 1. The monoisotopic (exact) mass is 480 g/mol. The Kier molecular flexibility index (Phi) is 8.54. The van der Waals surface area contributed by atoms with Gasteiger partial charge in [0, 0.05) is 12.5 Å². The maximum absolute atomic E-state index is 13.1. The molecule has 0 radical (unpaired) electrons. The van der Waals surface area contributed by atoms with Crippen molar-refractivity contribution in [2.24, 2.45) is 11.3 Å². The third-order valence-corrected chi connectivity index (χ3v) is 7.06. The van der Waals surface area contributed by atoms with Gasteiger partial charge in [-0.05, 0) is 47.4 Å². The molecule has 0 saturated heterocycles. The van der Waals surface area contributed by atoms with Gasteiger partial charge in [-0.3, -0.25) is 4.79 Å². The van der Waals surface area contributed by atoms with Gasteiger partial charge in [-0.15, -0.1) is 0 Å². The molecule has 7 nitrogen and oxygen atoms in total. The lowest BCUT2D eigenvalue weighted by atomic mass is 9.80. The molecule has 0 aromatic heterocycles. The molecule has 2 aromatic carbocycles. The highest BCUT2D eigenvalue weighted by atomic mass is 16.5. The number of amides is 2. The molecule has 1 aliphatic carbocycles. The van der Waals surface area contributed by atoms with Crippen LogP contribution < -0.4 is 10.6 Å². The average Bonchev–Trinajstić information content (AvgIpc) is 3.16. The smallest absolute Gasteiger partial charge is 0.407 e. The first-order chi connectivity index (χ1) is 16.7. The summed E-state index contributed by atoms with van der Waals surface area (Å²) in [5.74, 6) is -1.36. The molecule has 35 heavy (non-hydrogen) atoms. The van der Waals surface area contributed by atoms with Crippen molar-refractivity contribution in [3.8, 4) is 11.1 Å². The van der Waals surface area contributed by atoms with Crippen LogP contribution in [-0.4, -0.2) is 42.3 Å². The van der Waals surface area contributed by atoms with Crippen molar-refractivity contribution in [2.45, 2.75) is 58.9 Å². The van der Waals surface area contributed by atoms with Gasteiger partial charge >= 0.3 is 12.1 Å². The van der Waals surface area contributed by atoms with E-state index in [2.05, 4.69) is 34.9 Å². The van der Waals surface area contributed by atoms with E-state index < -0.39 is 23.5 Å². The zero-order chi connectivity index (χ0) is 25.6. The van der Waals surface area contributed by atoms with Crippen molar-refractivity contribution in [3.05, 3.63) is 59.7 Å². The Hall–Kier alpha value is -3.35. The molecule has 1 atom stereocenters. The summed E-state index contributed by atoms with van der Waals surface area (Å²) >= 11 is 0. The Morgan fingerprint density at radius 1 is 0.971 bits per heavy atom. The van der Waals surface area contributed by atoms with Crippen molar-refractivity contribution in [1.29, 1.82) is 0 Å². The fourth-order valence-corrected chi connectivity index (χ4v) is 4.80. The molecule has 1 aliphatic rings. The molecule has 3 rings (SSSR count). The predicted octanol–water partition coefficient (Wildman–Crippen LogP) is 4.95. The van der Waals surface area contributed by atoms with E-state index in [9.17, 15) is 19.5 Å². The molecule has 2 aromatic rings. The van der Waals surface area contributed by atoms with Crippen LogP contribution in [0.25, 0.3) is 11.1 Å².